The summed E-state index contributed by atoms with van der Waals surface area (Å²) in [7, 11) is -4.80. The average molecular weight is 177 g/mol. The third-order valence-corrected chi connectivity index (χ3v) is 3.06. The lowest BCUT2D eigenvalue weighted by Gasteiger charge is -2.36. The molecule has 0 aromatic rings. The summed E-state index contributed by atoms with van der Waals surface area (Å²) in [6.07, 6.45) is 1.23. The summed E-state index contributed by atoms with van der Waals surface area (Å²) in [6, 6.07) is 0. The Bertz CT molecular complexity index is 219. The summed E-state index contributed by atoms with van der Waals surface area (Å²) < 4.78 is 10.4. The van der Waals surface area contributed by atoms with Crippen molar-refractivity contribution in [1.29, 1.82) is 0 Å². The van der Waals surface area contributed by atoms with Gasteiger partial charge in [0.15, 0.2) is 0 Å². The first kappa shape index (κ1) is 8.71. The van der Waals surface area contributed by atoms with E-state index in [1.54, 1.807) is 0 Å². The smallest absolute Gasteiger partial charge is 0.225 e. The van der Waals surface area contributed by atoms with Crippen molar-refractivity contribution in [2.24, 2.45) is 11.7 Å². The largest absolute Gasteiger partial charge is 0.810 e. The highest BCUT2D eigenvalue weighted by molar-refractivity contribution is 7.50. The van der Waals surface area contributed by atoms with Crippen molar-refractivity contribution in [3.63, 3.8) is 0 Å². The summed E-state index contributed by atoms with van der Waals surface area (Å²) in [4.78, 5) is 31.3. The molecule has 1 rings (SSSR count). The monoisotopic (exact) mass is 177 g/mol. The van der Waals surface area contributed by atoms with Gasteiger partial charge in [-0.3, -0.25) is 4.79 Å². The van der Waals surface area contributed by atoms with Gasteiger partial charge in [0.25, 0.3) is 0 Å². The SMILES string of the molecule is NC(=O)C(C1CC1)P(=O)([O-])[O-]. The molecule has 0 saturated heterocycles. The standard InChI is InChI=1S/C5H10NO4P/c6-5(7)4(3-1-2-3)11(8,9)10/h3-4H,1-2H2,(H2,6,7)(H2,8,9,10)/p-2. The van der Waals surface area contributed by atoms with E-state index >= 15 is 0 Å². The highest BCUT2D eigenvalue weighted by Gasteiger charge is 2.37. The minimum absolute atomic E-state index is 0.312. The van der Waals surface area contributed by atoms with Crippen molar-refractivity contribution in [1.82, 2.24) is 0 Å². The number of primary amides is 1. The van der Waals surface area contributed by atoms with Crippen molar-refractivity contribution in [3.05, 3.63) is 0 Å². The van der Waals surface area contributed by atoms with Gasteiger partial charge >= 0.3 is 0 Å². The van der Waals surface area contributed by atoms with E-state index in [4.69, 9.17) is 5.73 Å². The Labute approximate surface area is 63.7 Å². The normalized spacial score (nSPS) is 21.3. The molecule has 1 aliphatic carbocycles. The lowest BCUT2D eigenvalue weighted by Crippen LogP contribution is -2.38. The molecule has 0 heterocycles. The molecular formula is C5H8NO4P-2. The molecule has 1 unspecified atom stereocenters. The molecular weight excluding hydrogens is 169 g/mol. The second-order valence-electron chi connectivity index (χ2n) is 2.72. The first-order valence-corrected chi connectivity index (χ1v) is 4.85. The van der Waals surface area contributed by atoms with Gasteiger partial charge in [-0.15, -0.1) is 0 Å². The van der Waals surface area contributed by atoms with Crippen LogP contribution in [0.5, 0.6) is 0 Å². The van der Waals surface area contributed by atoms with E-state index in [0.717, 1.165) is 0 Å². The van der Waals surface area contributed by atoms with Crippen LogP contribution in [0.1, 0.15) is 12.8 Å². The number of nitrogens with two attached hydrogens (primary N) is 1. The van der Waals surface area contributed by atoms with Crippen LogP contribution in [-0.4, -0.2) is 11.6 Å². The van der Waals surface area contributed by atoms with E-state index < -0.39 is 19.2 Å². The van der Waals surface area contributed by atoms with Gasteiger partial charge in [-0.2, -0.15) is 0 Å². The molecule has 0 aromatic carbocycles. The molecule has 1 saturated carbocycles. The van der Waals surface area contributed by atoms with E-state index in [0.29, 0.717) is 12.8 Å². The Hall–Kier alpha value is -0.380. The average Bonchev–Trinajstić information content (AvgIpc) is 2.42. The van der Waals surface area contributed by atoms with Crippen LogP contribution >= 0.6 is 7.60 Å². The molecule has 1 fully saturated rings. The topological polar surface area (TPSA) is 106 Å². The van der Waals surface area contributed by atoms with Gasteiger partial charge in [-0.25, -0.2) is 0 Å². The summed E-state index contributed by atoms with van der Waals surface area (Å²) in [5, 5.41) is 0. The predicted octanol–water partition coefficient (Wildman–Crippen LogP) is -1.84. The summed E-state index contributed by atoms with van der Waals surface area (Å²) >= 11 is 0. The lowest BCUT2D eigenvalue weighted by molar-refractivity contribution is -0.316. The molecule has 2 N–H and O–H groups in total. The summed E-state index contributed by atoms with van der Waals surface area (Å²) in [6.45, 7) is 0. The minimum Gasteiger partial charge on any atom is -0.810 e. The van der Waals surface area contributed by atoms with Gasteiger partial charge in [-0.05, 0) is 18.8 Å². The lowest BCUT2D eigenvalue weighted by atomic mass is 10.3. The maximum absolute atomic E-state index is 10.5. The second kappa shape index (κ2) is 2.59. The highest BCUT2D eigenvalue weighted by Crippen LogP contribution is 2.47. The predicted molar refractivity (Wildman–Crippen MR) is 33.3 cm³/mol. The number of carbonyl (C=O) groups excluding carboxylic acids is 1. The summed E-state index contributed by atoms with van der Waals surface area (Å²) in [5.41, 5.74) is 3.28. The van der Waals surface area contributed by atoms with Crippen LogP contribution in [0.3, 0.4) is 0 Å². The number of amides is 1. The third-order valence-electron chi connectivity index (χ3n) is 1.70. The fourth-order valence-electron chi connectivity index (χ4n) is 1.06. The first-order valence-electron chi connectivity index (χ1n) is 3.24. The Kier molecular flexibility index (Phi) is 2.05. The molecule has 0 aromatic heterocycles. The van der Waals surface area contributed by atoms with Gasteiger partial charge in [0, 0.05) is 0 Å². The highest BCUT2D eigenvalue weighted by atomic mass is 31.2. The minimum atomic E-state index is -4.80. The van der Waals surface area contributed by atoms with Crippen LogP contribution < -0.4 is 15.5 Å². The Morgan fingerprint density at radius 2 is 2.00 bits per heavy atom. The van der Waals surface area contributed by atoms with E-state index in [9.17, 15) is 19.1 Å². The van der Waals surface area contributed by atoms with Gasteiger partial charge in [0.05, 0.1) is 5.66 Å². The molecule has 0 aliphatic heterocycles. The molecule has 1 aliphatic rings. The molecule has 1 amide bonds. The van der Waals surface area contributed by atoms with Crippen molar-refractivity contribution < 1.29 is 19.1 Å². The van der Waals surface area contributed by atoms with E-state index in [1.165, 1.54) is 0 Å². The summed E-state index contributed by atoms with van der Waals surface area (Å²) in [5.74, 6) is -1.32. The van der Waals surface area contributed by atoms with Crippen LogP contribution in [0, 0.1) is 5.92 Å². The maximum atomic E-state index is 10.5. The fourth-order valence-corrected chi connectivity index (χ4v) is 2.18. The van der Waals surface area contributed by atoms with Crippen molar-refractivity contribution in [2.45, 2.75) is 18.5 Å². The third kappa shape index (κ3) is 2.02. The molecule has 0 bridgehead atoms. The molecule has 0 spiro atoms. The molecule has 5 nitrogen and oxygen atoms in total. The van der Waals surface area contributed by atoms with Gasteiger partial charge < -0.3 is 20.1 Å². The molecule has 11 heavy (non-hydrogen) atoms. The van der Waals surface area contributed by atoms with E-state index in [1.807, 2.05) is 0 Å². The van der Waals surface area contributed by atoms with Crippen LogP contribution in [0.15, 0.2) is 0 Å². The molecule has 64 valence electrons. The second-order valence-corrected chi connectivity index (χ2v) is 4.36. The Morgan fingerprint density at radius 3 is 2.09 bits per heavy atom. The van der Waals surface area contributed by atoms with Crippen molar-refractivity contribution in [3.8, 4) is 0 Å². The number of rotatable bonds is 3. The van der Waals surface area contributed by atoms with Gasteiger partial charge in [-0.1, -0.05) is 7.60 Å². The van der Waals surface area contributed by atoms with Gasteiger partial charge in [0.2, 0.25) is 5.91 Å². The molecule has 1 atom stereocenters. The van der Waals surface area contributed by atoms with Crippen LogP contribution in [0.2, 0.25) is 0 Å². The first-order chi connectivity index (χ1) is 4.93. The van der Waals surface area contributed by atoms with Crippen LogP contribution in [-0.2, 0) is 9.36 Å². The maximum Gasteiger partial charge on any atom is 0.225 e. The van der Waals surface area contributed by atoms with Crippen molar-refractivity contribution in [2.75, 3.05) is 0 Å². The quantitative estimate of drug-likeness (QED) is 0.511. The molecule has 6 heteroatoms. The zero-order chi connectivity index (χ0) is 8.65. The zero-order valence-corrected chi connectivity index (χ0v) is 6.62. The number of hydrogen-bond acceptors (Lipinski definition) is 4. The van der Waals surface area contributed by atoms with Crippen LogP contribution in [0.4, 0.5) is 0 Å². The van der Waals surface area contributed by atoms with Gasteiger partial charge in [0.1, 0.15) is 0 Å². The van der Waals surface area contributed by atoms with Crippen molar-refractivity contribution >= 4 is 13.5 Å². The number of carbonyl (C=O) groups is 1. The number of hydrogen-bond donors (Lipinski definition) is 1. The van der Waals surface area contributed by atoms with E-state index in [2.05, 4.69) is 0 Å². The molecule has 0 radical (unpaired) electrons. The fraction of sp³-hybridized carbons (Fsp3) is 0.800. The Balaban J connectivity index is 2.74. The van der Waals surface area contributed by atoms with E-state index in [-0.39, 0.29) is 5.92 Å². The van der Waals surface area contributed by atoms with Crippen LogP contribution in [0.25, 0.3) is 0 Å². The zero-order valence-electron chi connectivity index (χ0n) is 5.73. The Morgan fingerprint density at radius 1 is 1.55 bits per heavy atom.